The maximum Gasteiger partial charge on any atom is 0.325 e. The molecule has 0 bridgehead atoms. The maximum absolute atomic E-state index is 12.6. The molecule has 5 nitrogen and oxygen atoms in total. The lowest BCUT2D eigenvalue weighted by molar-refractivity contribution is -0.132. The van der Waals surface area contributed by atoms with Gasteiger partial charge in [-0.05, 0) is 51.1 Å². The number of nitrogens with zero attached hydrogens (tertiary/aromatic N) is 1. The minimum atomic E-state index is -0.555. The van der Waals surface area contributed by atoms with E-state index in [1.807, 2.05) is 0 Å². The Morgan fingerprint density at radius 2 is 1.95 bits per heavy atom. The molecule has 2 heterocycles. The van der Waals surface area contributed by atoms with Gasteiger partial charge in [-0.3, -0.25) is 9.69 Å². The summed E-state index contributed by atoms with van der Waals surface area (Å²) in [6, 6.07) is -0.166. The van der Waals surface area contributed by atoms with Crippen LogP contribution in [0.5, 0.6) is 0 Å². The Bertz CT molecular complexity index is 385. The van der Waals surface area contributed by atoms with Crippen molar-refractivity contribution in [1.29, 1.82) is 0 Å². The van der Waals surface area contributed by atoms with Gasteiger partial charge >= 0.3 is 6.03 Å². The van der Waals surface area contributed by atoms with Gasteiger partial charge in [-0.25, -0.2) is 4.79 Å². The number of imide groups is 1. The van der Waals surface area contributed by atoms with Crippen LogP contribution in [0.1, 0.15) is 51.4 Å². The molecule has 2 saturated heterocycles. The fourth-order valence-corrected chi connectivity index (χ4v) is 3.86. The smallest absolute Gasteiger partial charge is 0.323 e. The first-order chi connectivity index (χ1) is 9.71. The van der Waals surface area contributed by atoms with Crippen LogP contribution in [0.4, 0.5) is 4.79 Å². The summed E-state index contributed by atoms with van der Waals surface area (Å²) in [5.41, 5.74) is -0.555. The molecule has 0 aromatic rings. The summed E-state index contributed by atoms with van der Waals surface area (Å²) < 4.78 is 0. The van der Waals surface area contributed by atoms with Gasteiger partial charge in [0.2, 0.25) is 0 Å². The lowest BCUT2D eigenvalue weighted by Gasteiger charge is -2.30. The highest BCUT2D eigenvalue weighted by Crippen LogP contribution is 2.33. The highest BCUT2D eigenvalue weighted by atomic mass is 16.2. The van der Waals surface area contributed by atoms with Crippen LogP contribution in [0.25, 0.3) is 0 Å². The van der Waals surface area contributed by atoms with E-state index in [0.717, 1.165) is 45.2 Å². The minimum Gasteiger partial charge on any atom is -0.323 e. The van der Waals surface area contributed by atoms with E-state index in [-0.39, 0.29) is 11.9 Å². The molecular formula is C15H25N3O2. The van der Waals surface area contributed by atoms with Gasteiger partial charge in [0.05, 0.1) is 0 Å². The highest BCUT2D eigenvalue weighted by molar-refractivity contribution is 6.07. The number of rotatable bonds is 3. The number of urea groups is 1. The molecule has 20 heavy (non-hydrogen) atoms. The van der Waals surface area contributed by atoms with E-state index >= 15 is 0 Å². The second kappa shape index (κ2) is 5.72. The summed E-state index contributed by atoms with van der Waals surface area (Å²) in [6.45, 7) is 2.70. The Hall–Kier alpha value is -1.10. The summed E-state index contributed by atoms with van der Waals surface area (Å²) >= 11 is 0. The fourth-order valence-electron chi connectivity index (χ4n) is 3.86. The number of hydrogen-bond acceptors (Lipinski definition) is 3. The van der Waals surface area contributed by atoms with Crippen LogP contribution >= 0.6 is 0 Å². The van der Waals surface area contributed by atoms with Gasteiger partial charge in [-0.2, -0.15) is 0 Å². The van der Waals surface area contributed by atoms with Crippen molar-refractivity contribution in [1.82, 2.24) is 15.5 Å². The summed E-state index contributed by atoms with van der Waals surface area (Å²) in [7, 11) is 0. The Labute approximate surface area is 120 Å². The predicted molar refractivity (Wildman–Crippen MR) is 76.3 cm³/mol. The van der Waals surface area contributed by atoms with E-state index in [4.69, 9.17) is 0 Å². The Morgan fingerprint density at radius 3 is 2.65 bits per heavy atom. The van der Waals surface area contributed by atoms with Crippen LogP contribution in [-0.2, 0) is 4.79 Å². The van der Waals surface area contributed by atoms with Crippen molar-refractivity contribution in [2.24, 2.45) is 5.92 Å². The second-order valence-corrected chi connectivity index (χ2v) is 6.53. The van der Waals surface area contributed by atoms with Gasteiger partial charge in [-0.1, -0.05) is 19.3 Å². The highest BCUT2D eigenvalue weighted by Gasteiger charge is 2.50. The molecule has 2 aliphatic heterocycles. The van der Waals surface area contributed by atoms with Gasteiger partial charge < -0.3 is 10.6 Å². The third-order valence-electron chi connectivity index (χ3n) is 5.11. The number of amides is 3. The van der Waals surface area contributed by atoms with E-state index in [1.165, 1.54) is 24.2 Å². The number of carbonyl (C=O) groups excluding carboxylic acids is 2. The Kier molecular flexibility index (Phi) is 3.96. The Morgan fingerprint density at radius 1 is 1.15 bits per heavy atom. The maximum atomic E-state index is 12.6. The number of piperidine rings is 1. The third-order valence-corrected chi connectivity index (χ3v) is 5.11. The Balaban J connectivity index is 1.58. The molecule has 3 rings (SSSR count). The minimum absolute atomic E-state index is 0.0333. The molecule has 0 aromatic heterocycles. The molecule has 112 valence electrons. The number of carbonyl (C=O) groups is 2. The van der Waals surface area contributed by atoms with Crippen molar-refractivity contribution in [2.45, 2.75) is 56.9 Å². The first-order valence-electron chi connectivity index (χ1n) is 8.06. The molecule has 3 amide bonds. The van der Waals surface area contributed by atoms with Gasteiger partial charge in [0.15, 0.2) is 0 Å². The molecule has 1 unspecified atom stereocenters. The van der Waals surface area contributed by atoms with Crippen molar-refractivity contribution in [3.8, 4) is 0 Å². The van der Waals surface area contributed by atoms with E-state index in [9.17, 15) is 9.59 Å². The molecule has 1 aliphatic carbocycles. The molecule has 1 atom stereocenters. The number of nitrogens with one attached hydrogen (secondary N) is 2. The van der Waals surface area contributed by atoms with Crippen LogP contribution in [0.15, 0.2) is 0 Å². The van der Waals surface area contributed by atoms with E-state index in [0.29, 0.717) is 12.5 Å². The van der Waals surface area contributed by atoms with E-state index in [2.05, 4.69) is 10.6 Å². The third kappa shape index (κ3) is 2.55. The summed E-state index contributed by atoms with van der Waals surface area (Å²) in [5.74, 6) is 0.637. The summed E-state index contributed by atoms with van der Waals surface area (Å²) in [6.07, 6.45) is 8.26. The molecule has 3 aliphatic rings. The molecule has 3 fully saturated rings. The topological polar surface area (TPSA) is 61.4 Å². The van der Waals surface area contributed by atoms with Crippen LogP contribution in [0.2, 0.25) is 0 Å². The lowest BCUT2D eigenvalue weighted by Crippen LogP contribution is -2.48. The van der Waals surface area contributed by atoms with Crippen LogP contribution in [0.3, 0.4) is 0 Å². The normalized spacial score (nSPS) is 29.8. The number of hydrogen-bond donors (Lipinski definition) is 2. The lowest BCUT2D eigenvalue weighted by atomic mass is 9.81. The monoisotopic (exact) mass is 279 g/mol. The van der Waals surface area contributed by atoms with Gasteiger partial charge in [0.1, 0.15) is 5.54 Å². The van der Waals surface area contributed by atoms with Crippen molar-refractivity contribution in [2.75, 3.05) is 19.6 Å². The summed E-state index contributed by atoms with van der Waals surface area (Å²) in [5, 5.41) is 6.36. The fraction of sp³-hybridized carbons (Fsp3) is 0.867. The van der Waals surface area contributed by atoms with Crippen LogP contribution in [-0.4, -0.2) is 42.0 Å². The SMILES string of the molecule is O=C1NC2(CCCCC2)C(=O)N1CCC1CCCNC1. The van der Waals surface area contributed by atoms with Crippen molar-refractivity contribution in [3.63, 3.8) is 0 Å². The molecular weight excluding hydrogens is 254 g/mol. The quantitative estimate of drug-likeness (QED) is 0.772. The molecule has 2 N–H and O–H groups in total. The molecule has 1 saturated carbocycles. The van der Waals surface area contributed by atoms with Crippen LogP contribution < -0.4 is 10.6 Å². The standard InChI is InChI=1S/C15H25N3O2/c19-13-15(7-2-1-3-8-15)17-14(20)18(13)10-6-12-5-4-9-16-11-12/h12,16H,1-11H2,(H,17,20). The first-order valence-corrected chi connectivity index (χ1v) is 8.06. The molecule has 0 radical (unpaired) electrons. The molecule has 5 heteroatoms. The average Bonchev–Trinajstić information content (AvgIpc) is 2.70. The van der Waals surface area contributed by atoms with Crippen molar-refractivity contribution in [3.05, 3.63) is 0 Å². The molecule has 1 spiro atoms. The zero-order chi connectivity index (χ0) is 14.0. The van der Waals surface area contributed by atoms with Gasteiger partial charge in [0.25, 0.3) is 5.91 Å². The van der Waals surface area contributed by atoms with Crippen LogP contribution in [0, 0.1) is 5.92 Å². The van der Waals surface area contributed by atoms with Crippen molar-refractivity contribution >= 4 is 11.9 Å². The molecule has 0 aromatic carbocycles. The van der Waals surface area contributed by atoms with Crippen molar-refractivity contribution < 1.29 is 9.59 Å². The first kappa shape index (κ1) is 13.9. The zero-order valence-corrected chi connectivity index (χ0v) is 12.1. The van der Waals surface area contributed by atoms with E-state index < -0.39 is 5.54 Å². The van der Waals surface area contributed by atoms with Gasteiger partial charge in [0, 0.05) is 6.54 Å². The van der Waals surface area contributed by atoms with Gasteiger partial charge in [-0.15, -0.1) is 0 Å². The van der Waals surface area contributed by atoms with E-state index in [1.54, 1.807) is 0 Å². The largest absolute Gasteiger partial charge is 0.325 e. The summed E-state index contributed by atoms with van der Waals surface area (Å²) in [4.78, 5) is 26.2. The average molecular weight is 279 g/mol. The second-order valence-electron chi connectivity index (χ2n) is 6.53. The zero-order valence-electron chi connectivity index (χ0n) is 12.1. The predicted octanol–water partition coefficient (Wildman–Crippen LogP) is 1.63.